The zero-order valence-corrected chi connectivity index (χ0v) is 9.68. The molecule has 0 fully saturated rings. The summed E-state index contributed by atoms with van der Waals surface area (Å²) in [4.78, 5) is 5.61. The molecule has 0 atom stereocenters. The van der Waals surface area contributed by atoms with Gasteiger partial charge in [-0.25, -0.2) is 8.78 Å². The number of hydrogen-bond donors (Lipinski definition) is 1. The minimum absolute atomic E-state index is 0.385. The number of nitrogens with two attached hydrogens (primary N) is 1. The molecule has 1 heterocycles. The fraction of sp³-hybridized carbons (Fsp3) is 0.0833. The van der Waals surface area contributed by atoms with E-state index in [4.69, 9.17) is 5.73 Å². The van der Waals surface area contributed by atoms with Gasteiger partial charge in [-0.1, -0.05) is 11.8 Å². The van der Waals surface area contributed by atoms with E-state index in [9.17, 15) is 8.78 Å². The molecule has 2 nitrogen and oxygen atoms in total. The highest BCUT2D eigenvalue weighted by Gasteiger charge is 2.04. The van der Waals surface area contributed by atoms with Crippen LogP contribution in [0.5, 0.6) is 0 Å². The van der Waals surface area contributed by atoms with Gasteiger partial charge in [0.1, 0.15) is 0 Å². The van der Waals surface area contributed by atoms with Crippen LogP contribution in [0.2, 0.25) is 0 Å². The van der Waals surface area contributed by atoms with Crippen LogP contribution in [0.1, 0.15) is 5.69 Å². The summed E-state index contributed by atoms with van der Waals surface area (Å²) >= 11 is 1.32. The largest absolute Gasteiger partial charge is 0.325 e. The van der Waals surface area contributed by atoms with Gasteiger partial charge in [0.2, 0.25) is 0 Å². The third-order valence-corrected chi connectivity index (χ3v) is 3.10. The maximum absolute atomic E-state index is 13.0. The highest BCUT2D eigenvalue weighted by atomic mass is 32.2. The number of nitrogens with zero attached hydrogens (tertiary/aromatic N) is 1. The van der Waals surface area contributed by atoms with Crippen LogP contribution in [-0.2, 0) is 6.54 Å². The van der Waals surface area contributed by atoms with Crippen molar-refractivity contribution in [3.63, 3.8) is 0 Å². The Balaban J connectivity index is 2.16. The number of hydrogen-bond acceptors (Lipinski definition) is 3. The third-order valence-electron chi connectivity index (χ3n) is 2.13. The van der Waals surface area contributed by atoms with Crippen LogP contribution < -0.4 is 5.73 Å². The van der Waals surface area contributed by atoms with Crippen LogP contribution in [0.4, 0.5) is 8.78 Å². The van der Waals surface area contributed by atoms with Gasteiger partial charge in [-0.2, -0.15) is 0 Å². The molecule has 2 N–H and O–H groups in total. The Hall–Kier alpha value is -1.46. The SMILES string of the molecule is NCc1ccc(Sc2ccc(F)c(F)c2)cn1. The topological polar surface area (TPSA) is 38.9 Å². The monoisotopic (exact) mass is 252 g/mol. The second kappa shape index (κ2) is 5.25. The first-order chi connectivity index (χ1) is 8.19. The highest BCUT2D eigenvalue weighted by molar-refractivity contribution is 7.99. The second-order valence-corrected chi connectivity index (χ2v) is 4.51. The van der Waals surface area contributed by atoms with Gasteiger partial charge in [0.15, 0.2) is 11.6 Å². The zero-order chi connectivity index (χ0) is 12.3. The number of rotatable bonds is 3. The van der Waals surface area contributed by atoms with Crippen molar-refractivity contribution in [1.29, 1.82) is 0 Å². The molecule has 0 unspecified atom stereocenters. The Morgan fingerprint density at radius 1 is 1.06 bits per heavy atom. The van der Waals surface area contributed by atoms with Crippen molar-refractivity contribution in [3.05, 3.63) is 53.9 Å². The zero-order valence-electron chi connectivity index (χ0n) is 8.86. The summed E-state index contributed by atoms with van der Waals surface area (Å²) in [6.07, 6.45) is 1.66. The van der Waals surface area contributed by atoms with Gasteiger partial charge in [0.05, 0.1) is 5.69 Å². The van der Waals surface area contributed by atoms with Crippen molar-refractivity contribution in [2.24, 2.45) is 5.73 Å². The van der Waals surface area contributed by atoms with Crippen LogP contribution >= 0.6 is 11.8 Å². The molecule has 2 rings (SSSR count). The molecule has 0 aliphatic carbocycles. The van der Waals surface area contributed by atoms with E-state index in [0.29, 0.717) is 11.4 Å². The molecule has 0 bridgehead atoms. The number of benzene rings is 1. The lowest BCUT2D eigenvalue weighted by Crippen LogP contribution is -1.98. The predicted octanol–water partition coefficient (Wildman–Crippen LogP) is 2.97. The Morgan fingerprint density at radius 3 is 2.41 bits per heavy atom. The summed E-state index contributed by atoms with van der Waals surface area (Å²) in [5.41, 5.74) is 6.22. The molecule has 17 heavy (non-hydrogen) atoms. The molecule has 2 aromatic rings. The van der Waals surface area contributed by atoms with Crippen molar-refractivity contribution in [3.8, 4) is 0 Å². The van der Waals surface area contributed by atoms with Crippen molar-refractivity contribution in [1.82, 2.24) is 4.98 Å². The van der Waals surface area contributed by atoms with Gasteiger partial charge in [-0.3, -0.25) is 4.98 Å². The molecule has 5 heteroatoms. The summed E-state index contributed by atoms with van der Waals surface area (Å²) in [7, 11) is 0. The van der Waals surface area contributed by atoms with Crippen LogP contribution in [0, 0.1) is 11.6 Å². The molecule has 0 radical (unpaired) electrons. The van der Waals surface area contributed by atoms with Crippen LogP contribution in [0.15, 0.2) is 46.3 Å². The smallest absolute Gasteiger partial charge is 0.159 e. The normalized spacial score (nSPS) is 10.5. The minimum Gasteiger partial charge on any atom is -0.325 e. The summed E-state index contributed by atoms with van der Waals surface area (Å²) in [6.45, 7) is 0.385. The van der Waals surface area contributed by atoms with Gasteiger partial charge >= 0.3 is 0 Å². The standard InChI is InChI=1S/C12H10F2N2S/c13-11-4-3-9(5-12(11)14)17-10-2-1-8(6-15)16-7-10/h1-5,7H,6,15H2. The molecule has 0 amide bonds. The second-order valence-electron chi connectivity index (χ2n) is 3.37. The van der Waals surface area contributed by atoms with Crippen LogP contribution in [0.25, 0.3) is 0 Å². The summed E-state index contributed by atoms with van der Waals surface area (Å²) in [5.74, 6) is -1.69. The van der Waals surface area contributed by atoms with E-state index >= 15 is 0 Å². The Bertz CT molecular complexity index is 514. The predicted molar refractivity (Wildman–Crippen MR) is 62.6 cm³/mol. The summed E-state index contributed by atoms with van der Waals surface area (Å²) < 4.78 is 25.7. The van der Waals surface area contributed by atoms with E-state index in [1.807, 2.05) is 12.1 Å². The van der Waals surface area contributed by atoms with E-state index in [2.05, 4.69) is 4.98 Å². The molecule has 0 aliphatic heterocycles. The lowest BCUT2D eigenvalue weighted by molar-refractivity contribution is 0.506. The van der Waals surface area contributed by atoms with Gasteiger partial charge in [0, 0.05) is 22.5 Å². The van der Waals surface area contributed by atoms with E-state index in [-0.39, 0.29) is 0 Å². The lowest BCUT2D eigenvalue weighted by Gasteiger charge is -2.02. The average molecular weight is 252 g/mol. The molecular formula is C12H10F2N2S. The minimum atomic E-state index is -0.846. The molecule has 0 spiro atoms. The highest BCUT2D eigenvalue weighted by Crippen LogP contribution is 2.28. The number of pyridine rings is 1. The van der Waals surface area contributed by atoms with Crippen LogP contribution in [0.3, 0.4) is 0 Å². The van der Waals surface area contributed by atoms with Gasteiger partial charge in [-0.05, 0) is 30.3 Å². The maximum Gasteiger partial charge on any atom is 0.159 e. The van der Waals surface area contributed by atoms with Crippen molar-refractivity contribution >= 4 is 11.8 Å². The van der Waals surface area contributed by atoms with E-state index in [1.54, 1.807) is 6.20 Å². The fourth-order valence-electron chi connectivity index (χ4n) is 1.27. The first-order valence-corrected chi connectivity index (χ1v) is 5.78. The molecular weight excluding hydrogens is 242 g/mol. The Morgan fingerprint density at radius 2 is 1.82 bits per heavy atom. The fourth-order valence-corrected chi connectivity index (χ4v) is 2.08. The summed E-state index contributed by atoms with van der Waals surface area (Å²) in [6, 6.07) is 7.46. The first-order valence-electron chi connectivity index (χ1n) is 4.97. The van der Waals surface area contributed by atoms with Gasteiger partial charge in [-0.15, -0.1) is 0 Å². The molecule has 0 saturated carbocycles. The Labute approximate surface area is 102 Å². The van der Waals surface area contributed by atoms with E-state index in [0.717, 1.165) is 22.7 Å². The van der Waals surface area contributed by atoms with Gasteiger partial charge < -0.3 is 5.73 Å². The van der Waals surface area contributed by atoms with Gasteiger partial charge in [0.25, 0.3) is 0 Å². The van der Waals surface area contributed by atoms with E-state index < -0.39 is 11.6 Å². The third kappa shape index (κ3) is 3.01. The van der Waals surface area contributed by atoms with Crippen molar-refractivity contribution in [2.45, 2.75) is 16.3 Å². The van der Waals surface area contributed by atoms with Crippen LogP contribution in [-0.4, -0.2) is 4.98 Å². The van der Waals surface area contributed by atoms with Crippen molar-refractivity contribution in [2.75, 3.05) is 0 Å². The molecule has 1 aromatic carbocycles. The Kier molecular flexibility index (Phi) is 3.71. The molecule has 0 aliphatic rings. The maximum atomic E-state index is 13.0. The van der Waals surface area contributed by atoms with Crippen molar-refractivity contribution < 1.29 is 8.78 Å². The quantitative estimate of drug-likeness (QED) is 0.912. The lowest BCUT2D eigenvalue weighted by atomic mass is 10.3. The number of aromatic nitrogens is 1. The first kappa shape index (κ1) is 12.0. The summed E-state index contributed by atoms with van der Waals surface area (Å²) in [5, 5.41) is 0. The molecule has 88 valence electrons. The average Bonchev–Trinajstić information content (AvgIpc) is 2.35. The number of halogens is 2. The van der Waals surface area contributed by atoms with E-state index in [1.165, 1.54) is 17.8 Å². The molecule has 1 aromatic heterocycles. The molecule has 0 saturated heterocycles.